The second-order valence-corrected chi connectivity index (χ2v) is 6.70. The predicted molar refractivity (Wildman–Crippen MR) is 98.9 cm³/mol. The highest BCUT2D eigenvalue weighted by Crippen LogP contribution is 2.38. The average molecular weight is 353 g/mol. The zero-order valence-electron chi connectivity index (χ0n) is 15.0. The van der Waals surface area contributed by atoms with Crippen LogP contribution in [0.3, 0.4) is 0 Å². The first-order chi connectivity index (χ1) is 12.5. The topological polar surface area (TPSA) is 75.6 Å². The van der Waals surface area contributed by atoms with E-state index in [1.807, 2.05) is 31.2 Å². The van der Waals surface area contributed by atoms with Crippen LogP contribution in [0.1, 0.15) is 37.0 Å². The summed E-state index contributed by atoms with van der Waals surface area (Å²) in [6.45, 7) is 3.80. The fraction of sp³-hybridized carbons (Fsp3) is 0.333. The Kier molecular flexibility index (Phi) is 5.26. The summed E-state index contributed by atoms with van der Waals surface area (Å²) in [5.41, 5.74) is 5.77. The SMILES string of the molecule is CC[C@@H](C)[C@@H](NC(=O)OCc1cccc2c1Cc1ccccc1-2)C(=O)O. The summed E-state index contributed by atoms with van der Waals surface area (Å²) in [5.74, 6) is -1.22. The molecule has 0 heterocycles. The summed E-state index contributed by atoms with van der Waals surface area (Å²) in [4.78, 5) is 23.4. The molecule has 136 valence electrons. The van der Waals surface area contributed by atoms with Crippen molar-refractivity contribution < 1.29 is 19.4 Å². The molecule has 5 heteroatoms. The minimum atomic E-state index is -1.05. The molecule has 0 saturated carbocycles. The van der Waals surface area contributed by atoms with E-state index in [4.69, 9.17) is 4.74 Å². The molecular weight excluding hydrogens is 330 g/mol. The van der Waals surface area contributed by atoms with E-state index in [2.05, 4.69) is 23.5 Å². The molecule has 0 radical (unpaired) electrons. The third-order valence-corrected chi connectivity index (χ3v) is 5.06. The Morgan fingerprint density at radius 3 is 2.62 bits per heavy atom. The number of carboxylic acid groups (broad SMARTS) is 1. The average Bonchev–Trinajstić information content (AvgIpc) is 3.03. The number of carboxylic acids is 1. The van der Waals surface area contributed by atoms with Gasteiger partial charge < -0.3 is 15.2 Å². The van der Waals surface area contributed by atoms with Gasteiger partial charge in [-0.1, -0.05) is 62.7 Å². The van der Waals surface area contributed by atoms with Gasteiger partial charge in [-0.3, -0.25) is 0 Å². The van der Waals surface area contributed by atoms with Gasteiger partial charge in [-0.2, -0.15) is 0 Å². The van der Waals surface area contributed by atoms with E-state index in [-0.39, 0.29) is 12.5 Å². The summed E-state index contributed by atoms with van der Waals surface area (Å²) in [7, 11) is 0. The lowest BCUT2D eigenvalue weighted by Gasteiger charge is -2.20. The van der Waals surface area contributed by atoms with E-state index in [1.165, 1.54) is 22.3 Å². The highest BCUT2D eigenvalue weighted by molar-refractivity contribution is 5.80. The van der Waals surface area contributed by atoms with Crippen molar-refractivity contribution in [2.45, 2.75) is 39.3 Å². The molecule has 1 amide bonds. The van der Waals surface area contributed by atoms with Crippen molar-refractivity contribution in [3.05, 3.63) is 59.2 Å². The van der Waals surface area contributed by atoms with E-state index in [0.717, 1.165) is 12.0 Å². The van der Waals surface area contributed by atoms with Crippen molar-refractivity contribution in [2.24, 2.45) is 5.92 Å². The summed E-state index contributed by atoms with van der Waals surface area (Å²) in [6, 6.07) is 13.3. The number of fused-ring (bicyclic) bond motifs is 3. The van der Waals surface area contributed by atoms with Gasteiger partial charge in [0.15, 0.2) is 0 Å². The van der Waals surface area contributed by atoms with Crippen LogP contribution in [0, 0.1) is 5.92 Å². The summed E-state index contributed by atoms with van der Waals surface area (Å²) in [6.07, 6.45) is 0.768. The number of benzene rings is 2. The van der Waals surface area contributed by atoms with Gasteiger partial charge in [0.2, 0.25) is 0 Å². The smallest absolute Gasteiger partial charge is 0.408 e. The molecule has 0 unspecified atom stereocenters. The van der Waals surface area contributed by atoms with E-state index < -0.39 is 18.1 Å². The summed E-state index contributed by atoms with van der Waals surface area (Å²) in [5, 5.41) is 11.7. The van der Waals surface area contributed by atoms with Crippen molar-refractivity contribution in [1.29, 1.82) is 0 Å². The van der Waals surface area contributed by atoms with Crippen molar-refractivity contribution in [2.75, 3.05) is 0 Å². The van der Waals surface area contributed by atoms with Crippen LogP contribution in [-0.2, 0) is 22.6 Å². The van der Waals surface area contributed by atoms with Crippen molar-refractivity contribution in [3.63, 3.8) is 0 Å². The van der Waals surface area contributed by atoms with Gasteiger partial charge >= 0.3 is 12.1 Å². The molecule has 0 aromatic heterocycles. The van der Waals surface area contributed by atoms with Crippen LogP contribution in [-0.4, -0.2) is 23.2 Å². The van der Waals surface area contributed by atoms with Crippen LogP contribution in [0.2, 0.25) is 0 Å². The predicted octanol–water partition coefficient (Wildman–Crippen LogP) is 3.98. The Morgan fingerprint density at radius 1 is 1.15 bits per heavy atom. The third kappa shape index (κ3) is 3.57. The number of aliphatic carboxylic acids is 1. The Bertz CT molecular complexity index is 831. The van der Waals surface area contributed by atoms with Crippen molar-refractivity contribution >= 4 is 12.1 Å². The normalized spacial score (nSPS) is 14.1. The lowest BCUT2D eigenvalue weighted by molar-refractivity contribution is -0.140. The highest BCUT2D eigenvalue weighted by Gasteiger charge is 2.26. The number of alkyl carbamates (subject to hydrolysis) is 1. The molecule has 0 spiro atoms. The molecule has 26 heavy (non-hydrogen) atoms. The van der Waals surface area contributed by atoms with Crippen LogP contribution in [0.5, 0.6) is 0 Å². The molecule has 5 nitrogen and oxygen atoms in total. The molecular formula is C21H23NO4. The Hall–Kier alpha value is -2.82. The van der Waals surface area contributed by atoms with Gasteiger partial charge in [0.1, 0.15) is 12.6 Å². The van der Waals surface area contributed by atoms with Gasteiger partial charge in [-0.25, -0.2) is 9.59 Å². The Labute approximate surface area is 153 Å². The third-order valence-electron chi connectivity index (χ3n) is 5.06. The maximum atomic E-state index is 12.1. The zero-order chi connectivity index (χ0) is 18.7. The van der Waals surface area contributed by atoms with Crippen molar-refractivity contribution in [1.82, 2.24) is 5.32 Å². The lowest BCUT2D eigenvalue weighted by Crippen LogP contribution is -2.45. The molecule has 1 aliphatic carbocycles. The molecule has 0 bridgehead atoms. The monoisotopic (exact) mass is 353 g/mol. The summed E-state index contributed by atoms with van der Waals surface area (Å²) >= 11 is 0. The van der Waals surface area contributed by atoms with Gasteiger partial charge in [-0.05, 0) is 40.2 Å². The van der Waals surface area contributed by atoms with Crippen LogP contribution in [0.25, 0.3) is 11.1 Å². The van der Waals surface area contributed by atoms with E-state index in [0.29, 0.717) is 6.42 Å². The number of hydrogen-bond acceptors (Lipinski definition) is 3. The second-order valence-electron chi connectivity index (χ2n) is 6.70. The quantitative estimate of drug-likeness (QED) is 0.703. The fourth-order valence-electron chi connectivity index (χ4n) is 3.35. The molecule has 2 aromatic carbocycles. The number of amides is 1. The highest BCUT2D eigenvalue weighted by atomic mass is 16.5. The maximum Gasteiger partial charge on any atom is 0.408 e. The number of rotatable bonds is 6. The number of carbonyl (C=O) groups is 2. The van der Waals surface area contributed by atoms with Gasteiger partial charge in [0.25, 0.3) is 0 Å². The maximum absolute atomic E-state index is 12.1. The van der Waals surface area contributed by atoms with Gasteiger partial charge in [0.05, 0.1) is 0 Å². The summed E-state index contributed by atoms with van der Waals surface area (Å²) < 4.78 is 5.31. The van der Waals surface area contributed by atoms with Crippen LogP contribution in [0.15, 0.2) is 42.5 Å². The fourth-order valence-corrected chi connectivity index (χ4v) is 3.35. The zero-order valence-corrected chi connectivity index (χ0v) is 15.0. The Balaban J connectivity index is 1.68. The second kappa shape index (κ2) is 7.60. The first-order valence-electron chi connectivity index (χ1n) is 8.86. The van der Waals surface area contributed by atoms with Crippen LogP contribution in [0.4, 0.5) is 4.79 Å². The standard InChI is InChI=1S/C21H23NO4/c1-3-13(2)19(20(23)24)22-21(25)26-12-15-8-6-10-17-16-9-5-4-7-14(16)11-18(15)17/h4-10,13,19H,3,11-12H2,1-2H3,(H,22,25)(H,23,24)/t13-,19-/m1/s1. The lowest BCUT2D eigenvalue weighted by atomic mass is 10.00. The minimum Gasteiger partial charge on any atom is -0.480 e. The molecule has 3 rings (SSSR count). The number of hydrogen-bond donors (Lipinski definition) is 2. The molecule has 2 aromatic rings. The molecule has 0 fully saturated rings. The van der Waals surface area contributed by atoms with Crippen molar-refractivity contribution in [3.8, 4) is 11.1 Å². The molecule has 2 atom stereocenters. The van der Waals surface area contributed by atoms with Gasteiger partial charge in [-0.15, -0.1) is 0 Å². The van der Waals surface area contributed by atoms with Crippen LogP contribution >= 0.6 is 0 Å². The van der Waals surface area contributed by atoms with Crippen LogP contribution < -0.4 is 5.32 Å². The minimum absolute atomic E-state index is 0.121. The molecule has 2 N–H and O–H groups in total. The number of ether oxygens (including phenoxy) is 1. The first kappa shape index (κ1) is 18.0. The molecule has 0 saturated heterocycles. The van der Waals surface area contributed by atoms with E-state index >= 15 is 0 Å². The largest absolute Gasteiger partial charge is 0.480 e. The number of nitrogens with one attached hydrogen (secondary N) is 1. The van der Waals surface area contributed by atoms with E-state index in [9.17, 15) is 14.7 Å². The molecule has 0 aliphatic heterocycles. The van der Waals surface area contributed by atoms with E-state index in [1.54, 1.807) is 6.92 Å². The molecule has 1 aliphatic rings. The van der Waals surface area contributed by atoms with Gasteiger partial charge in [0, 0.05) is 0 Å². The number of carbonyl (C=O) groups excluding carboxylic acids is 1. The first-order valence-corrected chi connectivity index (χ1v) is 8.86. The Morgan fingerprint density at radius 2 is 1.88 bits per heavy atom.